The Morgan fingerprint density at radius 2 is 2.12 bits per heavy atom. The Bertz CT molecular complexity index is 477. The Hall–Kier alpha value is -2.08. The molecular weight excluding hydrogens is 198 g/mol. The number of benzene rings is 1. The summed E-state index contributed by atoms with van der Waals surface area (Å²) in [5.41, 5.74) is 1.94. The molecule has 0 amide bonds. The molecule has 0 radical (unpaired) electrons. The normalized spacial score (nSPS) is 12.0. The van der Waals surface area contributed by atoms with Crippen LogP contribution in [0.25, 0.3) is 0 Å². The van der Waals surface area contributed by atoms with Crippen LogP contribution in [0, 0.1) is 11.3 Å². The van der Waals surface area contributed by atoms with Crippen molar-refractivity contribution in [3.63, 3.8) is 0 Å². The van der Waals surface area contributed by atoms with Gasteiger partial charge in [0.2, 0.25) is 0 Å². The minimum atomic E-state index is 0.385. The first-order valence-electron chi connectivity index (χ1n) is 5.26. The average Bonchev–Trinajstić information content (AvgIpc) is 2.83. The van der Waals surface area contributed by atoms with E-state index in [2.05, 4.69) is 22.5 Å². The van der Waals surface area contributed by atoms with E-state index in [4.69, 9.17) is 5.26 Å². The van der Waals surface area contributed by atoms with Crippen molar-refractivity contribution in [1.29, 1.82) is 5.26 Å². The van der Waals surface area contributed by atoms with E-state index < -0.39 is 0 Å². The van der Waals surface area contributed by atoms with Crippen LogP contribution in [0.4, 0.5) is 0 Å². The fourth-order valence-electron chi connectivity index (χ4n) is 1.69. The molecule has 1 unspecified atom stereocenters. The molecule has 0 fully saturated rings. The third-order valence-corrected chi connectivity index (χ3v) is 2.65. The minimum absolute atomic E-state index is 0.385. The molecule has 0 saturated heterocycles. The molecule has 0 aliphatic rings. The van der Waals surface area contributed by atoms with Gasteiger partial charge in [-0.15, -0.1) is 0 Å². The first-order valence-corrected chi connectivity index (χ1v) is 5.26. The number of aromatic nitrogens is 2. The van der Waals surface area contributed by atoms with Crippen LogP contribution in [0.3, 0.4) is 0 Å². The summed E-state index contributed by atoms with van der Waals surface area (Å²) in [6.07, 6.45) is 6.53. The molecule has 80 valence electrons. The molecule has 2 aromatic rings. The molecular formula is C13H13N3. The van der Waals surface area contributed by atoms with Gasteiger partial charge in [-0.05, 0) is 31.0 Å². The van der Waals surface area contributed by atoms with Gasteiger partial charge in [-0.1, -0.05) is 12.1 Å². The van der Waals surface area contributed by atoms with Crippen molar-refractivity contribution >= 4 is 0 Å². The van der Waals surface area contributed by atoms with Crippen LogP contribution in [0.5, 0.6) is 0 Å². The number of rotatable bonds is 3. The van der Waals surface area contributed by atoms with E-state index >= 15 is 0 Å². The maximum absolute atomic E-state index is 8.70. The lowest BCUT2D eigenvalue weighted by atomic mass is 10.1. The molecule has 2 rings (SSSR count). The lowest BCUT2D eigenvalue weighted by Crippen LogP contribution is -2.05. The van der Waals surface area contributed by atoms with Crippen molar-refractivity contribution in [3.8, 4) is 6.07 Å². The van der Waals surface area contributed by atoms with E-state index in [0.29, 0.717) is 11.6 Å². The second kappa shape index (κ2) is 4.63. The zero-order chi connectivity index (χ0) is 11.4. The lowest BCUT2D eigenvalue weighted by Gasteiger charge is -2.12. The van der Waals surface area contributed by atoms with Gasteiger partial charge >= 0.3 is 0 Å². The molecule has 0 saturated carbocycles. The first kappa shape index (κ1) is 10.4. The summed E-state index contributed by atoms with van der Waals surface area (Å²) in [6, 6.07) is 10.2. The fourth-order valence-corrected chi connectivity index (χ4v) is 1.69. The molecule has 0 spiro atoms. The standard InChI is InChI=1S/C13H13N3/c1-11(16-7-6-15-10-16)8-12-2-4-13(9-14)5-3-12/h2-7,10-11H,8H2,1H3. The van der Waals surface area contributed by atoms with Crippen molar-refractivity contribution < 1.29 is 0 Å². The Labute approximate surface area is 95.0 Å². The van der Waals surface area contributed by atoms with Crippen LogP contribution in [0.1, 0.15) is 24.1 Å². The van der Waals surface area contributed by atoms with Gasteiger partial charge in [-0.3, -0.25) is 0 Å². The van der Waals surface area contributed by atoms with Gasteiger partial charge in [0.1, 0.15) is 0 Å². The molecule has 1 aromatic heterocycles. The van der Waals surface area contributed by atoms with Crippen LogP contribution < -0.4 is 0 Å². The highest BCUT2D eigenvalue weighted by Crippen LogP contribution is 2.13. The molecule has 3 nitrogen and oxygen atoms in total. The van der Waals surface area contributed by atoms with E-state index in [0.717, 1.165) is 6.42 Å². The molecule has 0 bridgehead atoms. The van der Waals surface area contributed by atoms with E-state index in [-0.39, 0.29) is 0 Å². The highest BCUT2D eigenvalue weighted by atomic mass is 15.0. The zero-order valence-electron chi connectivity index (χ0n) is 9.17. The van der Waals surface area contributed by atoms with Gasteiger partial charge in [0.05, 0.1) is 18.0 Å². The summed E-state index contributed by atoms with van der Waals surface area (Å²) in [5.74, 6) is 0. The molecule has 0 N–H and O–H groups in total. The Kier molecular flexibility index (Phi) is 3.02. The predicted molar refractivity (Wildman–Crippen MR) is 61.8 cm³/mol. The molecule has 1 aromatic carbocycles. The van der Waals surface area contributed by atoms with E-state index in [1.165, 1.54) is 5.56 Å². The molecule has 1 heterocycles. The summed E-state index contributed by atoms with van der Waals surface area (Å²) in [4.78, 5) is 4.03. The molecule has 16 heavy (non-hydrogen) atoms. The van der Waals surface area contributed by atoms with Gasteiger partial charge in [0.25, 0.3) is 0 Å². The van der Waals surface area contributed by atoms with Gasteiger partial charge < -0.3 is 4.57 Å². The third kappa shape index (κ3) is 2.29. The van der Waals surface area contributed by atoms with Crippen molar-refractivity contribution in [2.75, 3.05) is 0 Å². The van der Waals surface area contributed by atoms with Crippen molar-refractivity contribution in [2.24, 2.45) is 0 Å². The number of hydrogen-bond acceptors (Lipinski definition) is 2. The number of hydrogen-bond donors (Lipinski definition) is 0. The second-order valence-electron chi connectivity index (χ2n) is 3.87. The topological polar surface area (TPSA) is 41.6 Å². The van der Waals surface area contributed by atoms with Crippen LogP contribution in [-0.4, -0.2) is 9.55 Å². The van der Waals surface area contributed by atoms with E-state index in [9.17, 15) is 0 Å². The Morgan fingerprint density at radius 3 is 2.69 bits per heavy atom. The fraction of sp³-hybridized carbons (Fsp3) is 0.231. The molecule has 0 aliphatic heterocycles. The lowest BCUT2D eigenvalue weighted by molar-refractivity contribution is 0.544. The molecule has 1 atom stereocenters. The number of nitriles is 1. The van der Waals surface area contributed by atoms with Crippen LogP contribution in [-0.2, 0) is 6.42 Å². The largest absolute Gasteiger partial charge is 0.334 e. The maximum atomic E-state index is 8.70. The number of imidazole rings is 1. The molecule has 3 heteroatoms. The highest BCUT2D eigenvalue weighted by molar-refractivity contribution is 5.31. The number of nitrogens with zero attached hydrogens (tertiary/aromatic N) is 3. The van der Waals surface area contributed by atoms with Crippen molar-refractivity contribution in [3.05, 3.63) is 54.1 Å². The van der Waals surface area contributed by atoms with Crippen molar-refractivity contribution in [2.45, 2.75) is 19.4 Å². The maximum Gasteiger partial charge on any atom is 0.0991 e. The van der Waals surface area contributed by atoms with Crippen LogP contribution in [0.2, 0.25) is 0 Å². The van der Waals surface area contributed by atoms with Crippen LogP contribution >= 0.6 is 0 Å². The summed E-state index contributed by atoms with van der Waals surface area (Å²) < 4.78 is 2.08. The van der Waals surface area contributed by atoms with Gasteiger partial charge in [-0.2, -0.15) is 5.26 Å². The highest BCUT2D eigenvalue weighted by Gasteiger charge is 2.04. The average molecular weight is 211 g/mol. The Balaban J connectivity index is 2.07. The SMILES string of the molecule is CC(Cc1ccc(C#N)cc1)n1ccnc1. The van der Waals surface area contributed by atoms with Gasteiger partial charge in [0, 0.05) is 18.4 Å². The third-order valence-electron chi connectivity index (χ3n) is 2.65. The van der Waals surface area contributed by atoms with Gasteiger partial charge in [0.15, 0.2) is 0 Å². The van der Waals surface area contributed by atoms with Crippen LogP contribution in [0.15, 0.2) is 43.0 Å². The minimum Gasteiger partial charge on any atom is -0.334 e. The summed E-state index contributed by atoms with van der Waals surface area (Å²) in [5, 5.41) is 8.70. The summed E-state index contributed by atoms with van der Waals surface area (Å²) in [7, 11) is 0. The van der Waals surface area contributed by atoms with Crippen molar-refractivity contribution in [1.82, 2.24) is 9.55 Å². The summed E-state index contributed by atoms with van der Waals surface area (Å²) in [6.45, 7) is 2.15. The monoisotopic (exact) mass is 211 g/mol. The predicted octanol–water partition coefficient (Wildman–Crippen LogP) is 2.56. The molecule has 0 aliphatic carbocycles. The first-order chi connectivity index (χ1) is 7.79. The Morgan fingerprint density at radius 1 is 1.38 bits per heavy atom. The summed E-state index contributed by atoms with van der Waals surface area (Å²) >= 11 is 0. The smallest absolute Gasteiger partial charge is 0.0991 e. The second-order valence-corrected chi connectivity index (χ2v) is 3.87. The zero-order valence-corrected chi connectivity index (χ0v) is 9.17. The quantitative estimate of drug-likeness (QED) is 0.783. The van der Waals surface area contributed by atoms with E-state index in [1.807, 2.05) is 36.8 Å². The van der Waals surface area contributed by atoms with Gasteiger partial charge in [-0.25, -0.2) is 4.98 Å². The van der Waals surface area contributed by atoms with E-state index in [1.54, 1.807) is 6.20 Å².